The van der Waals surface area contributed by atoms with Crippen LogP contribution in [0.15, 0.2) is 0 Å². The fourth-order valence-electron chi connectivity index (χ4n) is 3.79. The van der Waals surface area contributed by atoms with E-state index >= 15 is 0 Å². The molecule has 25 heavy (non-hydrogen) atoms. The van der Waals surface area contributed by atoms with Crippen LogP contribution in [-0.2, 0) is 14.3 Å². The van der Waals surface area contributed by atoms with E-state index in [0.717, 1.165) is 11.3 Å². The smallest absolute Gasteiger partial charge is 0.409 e. The van der Waals surface area contributed by atoms with Crippen molar-refractivity contribution in [2.45, 2.75) is 51.6 Å². The van der Waals surface area contributed by atoms with Gasteiger partial charge in [-0.25, -0.2) is 9.59 Å². The average molecular weight is 356 g/mol. The Hall–Kier alpha value is -2.32. The number of unbranched alkanes of at least 4 members (excludes halogenated alkanes) is 1. The number of fused-ring (bicyclic) bond motifs is 2. The molecule has 2 aliphatic heterocycles. The van der Waals surface area contributed by atoms with Gasteiger partial charge < -0.3 is 19.8 Å². The Balaban J connectivity index is 2.32. The topological polar surface area (TPSA) is 124 Å². The second-order valence-corrected chi connectivity index (χ2v) is 6.49. The minimum absolute atomic E-state index is 0.0267. The van der Waals surface area contributed by atoms with E-state index in [2.05, 4.69) is 0 Å². The number of ketones is 1. The van der Waals surface area contributed by atoms with E-state index in [1.807, 2.05) is 6.92 Å². The van der Waals surface area contributed by atoms with E-state index in [4.69, 9.17) is 4.74 Å². The Kier molecular flexibility index (Phi) is 5.54. The normalized spacial score (nSPS) is 28.6. The Morgan fingerprint density at radius 2 is 1.92 bits per heavy atom. The summed E-state index contributed by atoms with van der Waals surface area (Å²) in [5.41, 5.74) is -1.84. The maximum atomic E-state index is 12.5. The van der Waals surface area contributed by atoms with Crippen LogP contribution in [-0.4, -0.2) is 75.7 Å². The molecule has 0 spiro atoms. The number of carboxylic acids is 1. The quantitative estimate of drug-likeness (QED) is 0.563. The highest BCUT2D eigenvalue weighted by molar-refractivity contribution is 6.05. The molecule has 3 atom stereocenters. The molecule has 2 rings (SSSR count). The lowest BCUT2D eigenvalue weighted by atomic mass is 9.67. The molecule has 140 valence electrons. The number of carboxylic acid groups (broad SMARTS) is 2. The van der Waals surface area contributed by atoms with Crippen LogP contribution >= 0.6 is 0 Å². The molecule has 2 bridgehead atoms. The lowest BCUT2D eigenvalue weighted by molar-refractivity contribution is -0.169. The molecule has 0 aromatic carbocycles. The third-order valence-corrected chi connectivity index (χ3v) is 5.18. The first-order valence-corrected chi connectivity index (χ1v) is 8.49. The highest BCUT2D eigenvalue weighted by Gasteiger charge is 2.61. The van der Waals surface area contributed by atoms with Crippen molar-refractivity contribution >= 4 is 23.9 Å². The van der Waals surface area contributed by atoms with Crippen LogP contribution in [0.5, 0.6) is 0 Å². The van der Waals surface area contributed by atoms with Crippen LogP contribution in [0.2, 0.25) is 0 Å². The number of piperidine rings is 1. The molecular weight excluding hydrogens is 332 g/mol. The van der Waals surface area contributed by atoms with Crippen molar-refractivity contribution in [2.24, 2.45) is 5.41 Å². The monoisotopic (exact) mass is 356 g/mol. The van der Waals surface area contributed by atoms with Crippen LogP contribution in [0.4, 0.5) is 9.59 Å². The molecule has 9 heteroatoms. The zero-order valence-corrected chi connectivity index (χ0v) is 14.4. The predicted octanol–water partition coefficient (Wildman–Crippen LogP) is 1.41. The molecular formula is C16H24N2O7. The van der Waals surface area contributed by atoms with Crippen molar-refractivity contribution in [3.63, 3.8) is 0 Å². The first-order chi connectivity index (χ1) is 11.8. The molecule has 2 amide bonds. The number of rotatable bonds is 5. The minimum Gasteiger partial charge on any atom is -0.480 e. The molecule has 2 aliphatic rings. The van der Waals surface area contributed by atoms with Crippen LogP contribution < -0.4 is 0 Å². The minimum atomic E-state index is -1.84. The average Bonchev–Trinajstić information content (AvgIpc) is 2.54. The highest BCUT2D eigenvalue weighted by Crippen LogP contribution is 2.42. The summed E-state index contributed by atoms with van der Waals surface area (Å²) >= 11 is 0. The van der Waals surface area contributed by atoms with Crippen LogP contribution in [0.3, 0.4) is 0 Å². The summed E-state index contributed by atoms with van der Waals surface area (Å²) < 4.78 is 5.16. The Labute approximate surface area is 145 Å². The number of carbonyl (C=O) groups is 4. The van der Waals surface area contributed by atoms with E-state index in [-0.39, 0.29) is 32.5 Å². The standard InChI is InChI=1S/C16H24N2O7/c1-3-5-6-25-15(24)17-8-10-7-12(19)16(4-2,13(20)21)11(9-17)18(10)14(22)23/h10-11H,3-9H2,1-2H3,(H,20,21)(H,22,23). The number of aliphatic carboxylic acids is 1. The van der Waals surface area contributed by atoms with Gasteiger partial charge in [0, 0.05) is 19.5 Å². The Morgan fingerprint density at radius 1 is 1.24 bits per heavy atom. The summed E-state index contributed by atoms with van der Waals surface area (Å²) in [6, 6.07) is -1.87. The predicted molar refractivity (Wildman–Crippen MR) is 85.3 cm³/mol. The van der Waals surface area contributed by atoms with E-state index in [1.54, 1.807) is 6.92 Å². The second kappa shape index (κ2) is 7.28. The van der Waals surface area contributed by atoms with Crippen molar-refractivity contribution in [1.82, 2.24) is 9.80 Å². The number of likely N-dealkylation sites (tertiary alicyclic amines) is 1. The number of Topliss-reactive ketones (excluding diaryl/α,β-unsaturated/α-hetero) is 1. The molecule has 2 N–H and O–H groups in total. The van der Waals surface area contributed by atoms with Gasteiger partial charge in [-0.15, -0.1) is 0 Å². The molecule has 0 aliphatic carbocycles. The first kappa shape index (κ1) is 19.0. The van der Waals surface area contributed by atoms with E-state index in [0.29, 0.717) is 6.42 Å². The lowest BCUT2D eigenvalue weighted by Gasteiger charge is -2.54. The van der Waals surface area contributed by atoms with Gasteiger partial charge in [-0.3, -0.25) is 14.5 Å². The van der Waals surface area contributed by atoms with Gasteiger partial charge in [0.1, 0.15) is 5.41 Å². The van der Waals surface area contributed by atoms with Crippen molar-refractivity contribution in [3.8, 4) is 0 Å². The second-order valence-electron chi connectivity index (χ2n) is 6.49. The molecule has 2 saturated heterocycles. The molecule has 0 aromatic rings. The number of ether oxygens (including phenoxy) is 1. The number of amides is 2. The van der Waals surface area contributed by atoms with Gasteiger partial charge in [-0.2, -0.15) is 0 Å². The van der Waals surface area contributed by atoms with Gasteiger partial charge in [-0.05, 0) is 12.8 Å². The zero-order valence-electron chi connectivity index (χ0n) is 14.4. The fourth-order valence-corrected chi connectivity index (χ4v) is 3.79. The third kappa shape index (κ3) is 3.14. The summed E-state index contributed by atoms with van der Waals surface area (Å²) in [6.07, 6.45) is -0.570. The Bertz CT molecular complexity index is 579. The van der Waals surface area contributed by atoms with Crippen LogP contribution in [0.25, 0.3) is 0 Å². The molecule has 0 saturated carbocycles. The molecule has 2 heterocycles. The molecule has 2 fully saturated rings. The highest BCUT2D eigenvalue weighted by atomic mass is 16.6. The lowest BCUT2D eigenvalue weighted by Crippen LogP contribution is -2.73. The van der Waals surface area contributed by atoms with E-state index < -0.39 is 41.4 Å². The van der Waals surface area contributed by atoms with Gasteiger partial charge in [-0.1, -0.05) is 20.3 Å². The van der Waals surface area contributed by atoms with Crippen molar-refractivity contribution in [1.29, 1.82) is 0 Å². The van der Waals surface area contributed by atoms with Crippen LogP contribution in [0.1, 0.15) is 39.5 Å². The molecule has 3 unspecified atom stereocenters. The van der Waals surface area contributed by atoms with Crippen molar-refractivity contribution in [3.05, 3.63) is 0 Å². The number of piperazine rings is 1. The van der Waals surface area contributed by atoms with E-state index in [9.17, 15) is 29.4 Å². The van der Waals surface area contributed by atoms with E-state index in [1.165, 1.54) is 4.90 Å². The summed E-state index contributed by atoms with van der Waals surface area (Å²) in [6.45, 7) is 3.61. The van der Waals surface area contributed by atoms with Crippen molar-refractivity contribution < 1.29 is 34.1 Å². The summed E-state index contributed by atoms with van der Waals surface area (Å²) in [4.78, 5) is 50.7. The van der Waals surface area contributed by atoms with Gasteiger partial charge in [0.05, 0.1) is 18.7 Å². The maximum absolute atomic E-state index is 12.5. The number of hydrogen-bond acceptors (Lipinski definition) is 5. The SMILES string of the molecule is CCCCOC(=O)N1CC2CC(=O)C(CC)(C(=O)O)C(C1)N2C(=O)O. The fraction of sp³-hybridized carbons (Fsp3) is 0.750. The summed E-state index contributed by atoms with van der Waals surface area (Å²) in [5.74, 6) is -1.83. The number of carbonyl (C=O) groups excluding carboxylic acids is 2. The third-order valence-electron chi connectivity index (χ3n) is 5.18. The molecule has 9 nitrogen and oxygen atoms in total. The van der Waals surface area contributed by atoms with Crippen LogP contribution in [0, 0.1) is 5.41 Å². The number of hydrogen-bond donors (Lipinski definition) is 2. The van der Waals surface area contributed by atoms with Gasteiger partial charge in [0.2, 0.25) is 0 Å². The van der Waals surface area contributed by atoms with Gasteiger partial charge in [0.25, 0.3) is 0 Å². The molecule has 0 radical (unpaired) electrons. The van der Waals surface area contributed by atoms with Gasteiger partial charge >= 0.3 is 18.2 Å². The Morgan fingerprint density at radius 3 is 2.44 bits per heavy atom. The zero-order chi connectivity index (χ0) is 18.8. The first-order valence-electron chi connectivity index (χ1n) is 8.49. The van der Waals surface area contributed by atoms with Crippen molar-refractivity contribution in [2.75, 3.05) is 19.7 Å². The summed E-state index contributed by atoms with van der Waals surface area (Å²) in [7, 11) is 0. The molecule has 0 aromatic heterocycles. The largest absolute Gasteiger partial charge is 0.480 e. The van der Waals surface area contributed by atoms with Gasteiger partial charge in [0.15, 0.2) is 5.78 Å². The number of nitrogens with zero attached hydrogens (tertiary/aromatic N) is 2. The maximum Gasteiger partial charge on any atom is 0.409 e. The summed E-state index contributed by atoms with van der Waals surface area (Å²) in [5, 5.41) is 19.2.